The lowest BCUT2D eigenvalue weighted by Gasteiger charge is -2.19. The summed E-state index contributed by atoms with van der Waals surface area (Å²) >= 11 is 0. The summed E-state index contributed by atoms with van der Waals surface area (Å²) in [5.41, 5.74) is 4.32. The number of carbonyl (C=O) groups is 1. The first-order valence-electron chi connectivity index (χ1n) is 5.83. The fourth-order valence-corrected chi connectivity index (χ4v) is 1.89. The highest BCUT2D eigenvalue weighted by Gasteiger charge is 2.22. The molecule has 0 aliphatic rings. The Bertz CT molecular complexity index is 486. The summed E-state index contributed by atoms with van der Waals surface area (Å²) in [6, 6.07) is 3.57. The Kier molecular flexibility index (Phi) is 4.94. The molecule has 0 fully saturated rings. The molecule has 1 rings (SSSR count). The maximum absolute atomic E-state index is 11.8. The normalized spacial score (nSPS) is 11.7. The van der Waals surface area contributed by atoms with Gasteiger partial charge in [0.05, 0.1) is 13.7 Å². The zero-order valence-electron chi connectivity index (χ0n) is 11.3. The Balaban J connectivity index is 3.16. The number of benzene rings is 1. The summed E-state index contributed by atoms with van der Waals surface area (Å²) in [5, 5.41) is 3.01. The van der Waals surface area contributed by atoms with Gasteiger partial charge in [-0.2, -0.15) is 0 Å². The van der Waals surface area contributed by atoms with Crippen LogP contribution in [-0.2, 0) is 9.53 Å². The number of ether oxygens (including phenoxy) is 1. The van der Waals surface area contributed by atoms with Crippen molar-refractivity contribution < 1.29 is 9.53 Å². The van der Waals surface area contributed by atoms with Gasteiger partial charge < -0.3 is 4.74 Å². The van der Waals surface area contributed by atoms with Gasteiger partial charge in [0.2, 0.25) is 0 Å². The molecule has 0 saturated carbocycles. The van der Waals surface area contributed by atoms with Crippen LogP contribution in [0.25, 0.3) is 0 Å². The van der Waals surface area contributed by atoms with Crippen LogP contribution < -0.4 is 5.32 Å². The van der Waals surface area contributed by atoms with Crippen LogP contribution in [-0.4, -0.2) is 19.6 Å². The fraction of sp³-hybridized carbons (Fsp3) is 0.400. The molecule has 3 heteroatoms. The van der Waals surface area contributed by atoms with Crippen LogP contribution in [0.4, 0.5) is 0 Å². The highest BCUT2D eigenvalue weighted by molar-refractivity contribution is 5.78. The largest absolute Gasteiger partial charge is 0.468 e. The molecule has 0 saturated heterocycles. The molecule has 0 radical (unpaired) electrons. The van der Waals surface area contributed by atoms with Gasteiger partial charge in [0.15, 0.2) is 0 Å². The van der Waals surface area contributed by atoms with Gasteiger partial charge in [0.25, 0.3) is 0 Å². The molecule has 3 nitrogen and oxygen atoms in total. The van der Waals surface area contributed by atoms with E-state index in [1.165, 1.54) is 12.7 Å². The molecule has 1 aromatic carbocycles. The van der Waals surface area contributed by atoms with Gasteiger partial charge in [-0.1, -0.05) is 18.1 Å². The van der Waals surface area contributed by atoms with E-state index in [4.69, 9.17) is 11.2 Å². The predicted molar refractivity (Wildman–Crippen MR) is 72.2 cm³/mol. The lowest BCUT2D eigenvalue weighted by molar-refractivity contribution is -0.143. The van der Waals surface area contributed by atoms with Gasteiger partial charge in [0.1, 0.15) is 6.04 Å². The molecule has 0 bridgehead atoms. The van der Waals surface area contributed by atoms with Gasteiger partial charge in [0, 0.05) is 0 Å². The molecule has 0 heterocycles. The van der Waals surface area contributed by atoms with Gasteiger partial charge in [-0.25, -0.2) is 4.79 Å². The number of methoxy groups -OCH3 is 1. The van der Waals surface area contributed by atoms with E-state index in [9.17, 15) is 4.79 Å². The minimum Gasteiger partial charge on any atom is -0.468 e. The summed E-state index contributed by atoms with van der Waals surface area (Å²) < 4.78 is 4.82. The van der Waals surface area contributed by atoms with E-state index in [-0.39, 0.29) is 5.97 Å². The molecule has 0 amide bonds. The maximum atomic E-state index is 11.8. The number of aryl methyl sites for hydroxylation is 3. The van der Waals surface area contributed by atoms with E-state index in [0.717, 1.165) is 16.7 Å². The van der Waals surface area contributed by atoms with Crippen molar-refractivity contribution in [2.45, 2.75) is 26.8 Å². The van der Waals surface area contributed by atoms with Gasteiger partial charge >= 0.3 is 5.97 Å². The molecule has 0 spiro atoms. The second-order valence-electron chi connectivity index (χ2n) is 4.33. The average Bonchev–Trinajstić information content (AvgIpc) is 2.35. The van der Waals surface area contributed by atoms with Gasteiger partial charge in [-0.05, 0) is 43.0 Å². The molecule has 1 unspecified atom stereocenters. The van der Waals surface area contributed by atoms with Crippen molar-refractivity contribution in [3.63, 3.8) is 0 Å². The first-order chi connectivity index (χ1) is 8.51. The highest BCUT2D eigenvalue weighted by Crippen LogP contribution is 2.22. The zero-order valence-corrected chi connectivity index (χ0v) is 11.3. The van der Waals surface area contributed by atoms with Crippen LogP contribution in [0.5, 0.6) is 0 Å². The lowest BCUT2D eigenvalue weighted by atomic mass is 9.95. The summed E-state index contributed by atoms with van der Waals surface area (Å²) in [5.74, 6) is 2.15. The van der Waals surface area contributed by atoms with E-state index < -0.39 is 6.04 Å². The van der Waals surface area contributed by atoms with Crippen molar-refractivity contribution >= 4 is 5.97 Å². The van der Waals surface area contributed by atoms with Gasteiger partial charge in [-0.3, -0.25) is 5.32 Å². The Hall–Kier alpha value is -1.79. The van der Waals surface area contributed by atoms with Crippen LogP contribution in [0.2, 0.25) is 0 Å². The third-order valence-corrected chi connectivity index (χ3v) is 3.04. The second kappa shape index (κ2) is 6.23. The number of rotatable bonds is 4. The SMILES string of the molecule is C#CCNC(C(=O)OC)c1cc(C)c(C)cc1C. The minimum atomic E-state index is -0.509. The van der Waals surface area contributed by atoms with Crippen molar-refractivity contribution in [3.05, 3.63) is 34.4 Å². The van der Waals surface area contributed by atoms with E-state index in [1.807, 2.05) is 26.8 Å². The van der Waals surface area contributed by atoms with E-state index >= 15 is 0 Å². The average molecular weight is 245 g/mol. The number of hydrogen-bond donors (Lipinski definition) is 1. The number of nitrogens with one attached hydrogen (secondary N) is 1. The van der Waals surface area contributed by atoms with Crippen molar-refractivity contribution in [2.75, 3.05) is 13.7 Å². The van der Waals surface area contributed by atoms with Crippen LogP contribution in [0, 0.1) is 33.1 Å². The number of hydrogen-bond acceptors (Lipinski definition) is 3. The molecule has 1 aromatic rings. The van der Waals surface area contributed by atoms with Crippen molar-refractivity contribution in [1.29, 1.82) is 0 Å². The van der Waals surface area contributed by atoms with Crippen LogP contribution in [0.1, 0.15) is 28.3 Å². The molecular formula is C15H19NO2. The standard InChI is InChI=1S/C15H19NO2/c1-6-7-16-14(15(17)18-5)13-9-11(3)10(2)8-12(13)4/h1,8-9,14,16H,7H2,2-5H3. The summed E-state index contributed by atoms with van der Waals surface area (Å²) in [6.07, 6.45) is 5.22. The van der Waals surface area contributed by atoms with Crippen LogP contribution in [0.15, 0.2) is 12.1 Å². The van der Waals surface area contributed by atoms with Gasteiger partial charge in [-0.15, -0.1) is 6.42 Å². The third kappa shape index (κ3) is 3.12. The minimum absolute atomic E-state index is 0.323. The van der Waals surface area contributed by atoms with E-state index in [2.05, 4.69) is 17.3 Å². The molecule has 0 aliphatic carbocycles. The Morgan fingerprint density at radius 1 is 1.33 bits per heavy atom. The monoisotopic (exact) mass is 245 g/mol. The highest BCUT2D eigenvalue weighted by atomic mass is 16.5. The summed E-state index contributed by atoms with van der Waals surface area (Å²) in [4.78, 5) is 11.8. The maximum Gasteiger partial charge on any atom is 0.327 e. The van der Waals surface area contributed by atoms with Crippen molar-refractivity contribution in [1.82, 2.24) is 5.32 Å². The Labute approximate surface area is 109 Å². The van der Waals surface area contributed by atoms with Crippen LogP contribution >= 0.6 is 0 Å². The van der Waals surface area contributed by atoms with Crippen molar-refractivity contribution in [2.24, 2.45) is 0 Å². The molecule has 0 aliphatic heterocycles. The molecule has 18 heavy (non-hydrogen) atoms. The van der Waals surface area contributed by atoms with E-state index in [1.54, 1.807) is 0 Å². The second-order valence-corrected chi connectivity index (χ2v) is 4.33. The summed E-state index contributed by atoms with van der Waals surface area (Å²) in [6.45, 7) is 6.38. The smallest absolute Gasteiger partial charge is 0.327 e. The molecule has 1 atom stereocenters. The lowest BCUT2D eigenvalue weighted by Crippen LogP contribution is -2.30. The van der Waals surface area contributed by atoms with Crippen molar-refractivity contribution in [3.8, 4) is 12.3 Å². The van der Waals surface area contributed by atoms with Crippen LogP contribution in [0.3, 0.4) is 0 Å². The topological polar surface area (TPSA) is 38.3 Å². The fourth-order valence-electron chi connectivity index (χ4n) is 1.89. The number of carbonyl (C=O) groups excluding carboxylic acids is 1. The molecular weight excluding hydrogens is 226 g/mol. The Morgan fingerprint density at radius 2 is 1.94 bits per heavy atom. The summed E-state index contributed by atoms with van der Waals surface area (Å²) in [7, 11) is 1.38. The quantitative estimate of drug-likeness (QED) is 0.651. The number of esters is 1. The first-order valence-corrected chi connectivity index (χ1v) is 5.83. The number of terminal acetylenes is 1. The predicted octanol–water partition coefficient (Wildman–Crippen LogP) is 2.05. The molecule has 0 aromatic heterocycles. The molecule has 1 N–H and O–H groups in total. The van der Waals surface area contributed by atoms with E-state index in [0.29, 0.717) is 6.54 Å². The zero-order chi connectivity index (χ0) is 13.7. The Morgan fingerprint density at radius 3 is 2.50 bits per heavy atom. The third-order valence-electron chi connectivity index (χ3n) is 3.04. The molecule has 96 valence electrons. The first kappa shape index (κ1) is 14.3.